The standard InChI is InChI=1S/C13H18ClNO4S2/c1-19-13(16)11-9-5-3-2-4-6-10(9)20-12(11)15-21(17,18)8-7-14/h15H,2-8H2,1H3. The normalized spacial score (nSPS) is 15.1. The second kappa shape index (κ2) is 6.98. The van der Waals surface area contributed by atoms with Crippen LogP contribution >= 0.6 is 22.9 Å². The van der Waals surface area contributed by atoms with Gasteiger partial charge in [-0.3, -0.25) is 4.72 Å². The molecule has 8 heteroatoms. The maximum atomic E-state index is 12.0. The number of rotatable bonds is 5. The largest absolute Gasteiger partial charge is 0.465 e. The molecule has 1 aliphatic rings. The van der Waals surface area contributed by atoms with Gasteiger partial charge in [0.15, 0.2) is 0 Å². The molecule has 1 aromatic rings. The third kappa shape index (κ3) is 3.90. The van der Waals surface area contributed by atoms with Crippen molar-refractivity contribution in [2.45, 2.75) is 32.1 Å². The number of halogens is 1. The van der Waals surface area contributed by atoms with E-state index in [2.05, 4.69) is 4.72 Å². The highest BCUT2D eigenvalue weighted by Crippen LogP contribution is 2.38. The predicted molar refractivity (Wildman–Crippen MR) is 85.0 cm³/mol. The number of carbonyl (C=O) groups excluding carboxylic acids is 1. The fourth-order valence-corrected chi connectivity index (χ4v) is 5.40. The van der Waals surface area contributed by atoms with Crippen LogP contribution in [0.1, 0.15) is 40.1 Å². The first-order chi connectivity index (χ1) is 9.98. The van der Waals surface area contributed by atoms with Gasteiger partial charge in [0.25, 0.3) is 0 Å². The van der Waals surface area contributed by atoms with Crippen molar-refractivity contribution in [3.05, 3.63) is 16.0 Å². The number of esters is 1. The van der Waals surface area contributed by atoms with E-state index in [0.717, 1.165) is 42.5 Å². The summed E-state index contributed by atoms with van der Waals surface area (Å²) in [4.78, 5) is 13.1. The number of anilines is 1. The Balaban J connectivity index is 2.43. The molecule has 0 saturated carbocycles. The van der Waals surface area contributed by atoms with Crippen molar-refractivity contribution in [3.8, 4) is 0 Å². The molecular weight excluding hydrogens is 334 g/mol. The lowest BCUT2D eigenvalue weighted by atomic mass is 10.1. The van der Waals surface area contributed by atoms with E-state index >= 15 is 0 Å². The SMILES string of the molecule is COC(=O)c1c(NS(=O)(=O)CCCl)sc2c1CCCCC2. The molecule has 1 aliphatic carbocycles. The molecule has 0 saturated heterocycles. The van der Waals surface area contributed by atoms with Crippen LogP contribution in [0.4, 0.5) is 5.00 Å². The molecule has 0 radical (unpaired) electrons. The number of alkyl halides is 1. The lowest BCUT2D eigenvalue weighted by molar-refractivity contribution is 0.0601. The summed E-state index contributed by atoms with van der Waals surface area (Å²) >= 11 is 6.83. The van der Waals surface area contributed by atoms with E-state index in [-0.39, 0.29) is 11.6 Å². The minimum atomic E-state index is -3.54. The summed E-state index contributed by atoms with van der Waals surface area (Å²) in [6.45, 7) is 0. The lowest BCUT2D eigenvalue weighted by Crippen LogP contribution is -2.19. The summed E-state index contributed by atoms with van der Waals surface area (Å²) in [5, 5.41) is 0.360. The number of hydrogen-bond acceptors (Lipinski definition) is 5. The van der Waals surface area contributed by atoms with Gasteiger partial charge in [-0.15, -0.1) is 22.9 Å². The molecule has 0 spiro atoms. The Morgan fingerprint density at radius 1 is 1.33 bits per heavy atom. The maximum absolute atomic E-state index is 12.0. The van der Waals surface area contributed by atoms with Crippen LogP contribution < -0.4 is 4.72 Å². The number of sulfonamides is 1. The van der Waals surface area contributed by atoms with Gasteiger partial charge in [-0.1, -0.05) is 6.42 Å². The molecule has 118 valence electrons. The lowest BCUT2D eigenvalue weighted by Gasteiger charge is -2.08. The van der Waals surface area contributed by atoms with Gasteiger partial charge < -0.3 is 4.74 Å². The van der Waals surface area contributed by atoms with E-state index in [1.165, 1.54) is 18.4 Å². The topological polar surface area (TPSA) is 72.5 Å². The molecule has 0 amide bonds. The summed E-state index contributed by atoms with van der Waals surface area (Å²) in [6.07, 6.45) is 4.84. The maximum Gasteiger partial charge on any atom is 0.341 e. The highest BCUT2D eigenvalue weighted by atomic mass is 35.5. The molecule has 1 heterocycles. The Hall–Kier alpha value is -0.790. The first kappa shape index (κ1) is 16.6. The Morgan fingerprint density at radius 3 is 2.71 bits per heavy atom. The number of hydrogen-bond donors (Lipinski definition) is 1. The molecule has 0 fully saturated rings. The van der Waals surface area contributed by atoms with Crippen molar-refractivity contribution in [1.82, 2.24) is 0 Å². The number of carbonyl (C=O) groups is 1. The van der Waals surface area contributed by atoms with Crippen LogP contribution in [0, 0.1) is 0 Å². The second-order valence-electron chi connectivity index (χ2n) is 4.87. The molecule has 0 bridgehead atoms. The Labute approximate surface area is 133 Å². The van der Waals surface area contributed by atoms with Crippen LogP contribution in [0.3, 0.4) is 0 Å². The van der Waals surface area contributed by atoms with Crippen molar-refractivity contribution in [2.75, 3.05) is 23.5 Å². The van der Waals surface area contributed by atoms with Crippen LogP contribution in [-0.4, -0.2) is 33.1 Å². The van der Waals surface area contributed by atoms with Crippen molar-refractivity contribution in [3.63, 3.8) is 0 Å². The van der Waals surface area contributed by atoms with Gasteiger partial charge >= 0.3 is 5.97 Å². The third-order valence-electron chi connectivity index (χ3n) is 3.40. The van der Waals surface area contributed by atoms with E-state index in [1.54, 1.807) is 0 Å². The zero-order valence-electron chi connectivity index (χ0n) is 11.8. The van der Waals surface area contributed by atoms with Crippen LogP contribution in [0.25, 0.3) is 0 Å². The number of ether oxygens (including phenoxy) is 1. The summed E-state index contributed by atoms with van der Waals surface area (Å²) in [5.74, 6) is -0.663. The summed E-state index contributed by atoms with van der Waals surface area (Å²) < 4.78 is 31.1. The number of fused-ring (bicyclic) bond motifs is 1. The molecule has 0 aromatic carbocycles. The van der Waals surface area contributed by atoms with Gasteiger partial charge in [-0.25, -0.2) is 13.2 Å². The van der Waals surface area contributed by atoms with Gasteiger partial charge in [0.1, 0.15) is 5.00 Å². The summed E-state index contributed by atoms with van der Waals surface area (Å²) in [5.41, 5.74) is 1.31. The zero-order chi connectivity index (χ0) is 15.5. The van der Waals surface area contributed by atoms with Gasteiger partial charge in [0.2, 0.25) is 10.0 Å². The second-order valence-corrected chi connectivity index (χ2v) is 8.20. The Kier molecular flexibility index (Phi) is 5.51. The smallest absolute Gasteiger partial charge is 0.341 e. The van der Waals surface area contributed by atoms with Crippen LogP contribution in [-0.2, 0) is 27.6 Å². The van der Waals surface area contributed by atoms with E-state index in [0.29, 0.717) is 10.6 Å². The monoisotopic (exact) mass is 351 g/mol. The van der Waals surface area contributed by atoms with Crippen molar-refractivity contribution >= 4 is 43.9 Å². The molecule has 21 heavy (non-hydrogen) atoms. The quantitative estimate of drug-likeness (QED) is 0.503. The predicted octanol–water partition coefficient (Wildman–Crippen LogP) is 2.78. The fraction of sp³-hybridized carbons (Fsp3) is 0.615. The number of methoxy groups -OCH3 is 1. The summed E-state index contributed by atoms with van der Waals surface area (Å²) in [6, 6.07) is 0. The van der Waals surface area contributed by atoms with Crippen LogP contribution in [0.5, 0.6) is 0 Å². The minimum Gasteiger partial charge on any atom is -0.465 e. The molecule has 5 nitrogen and oxygen atoms in total. The Bertz CT molecular complexity index is 624. The van der Waals surface area contributed by atoms with Crippen LogP contribution in [0.2, 0.25) is 0 Å². The number of aryl methyl sites for hydroxylation is 1. The zero-order valence-corrected chi connectivity index (χ0v) is 14.2. The van der Waals surface area contributed by atoms with E-state index in [1.807, 2.05) is 0 Å². The first-order valence-electron chi connectivity index (χ1n) is 6.78. The minimum absolute atomic E-state index is 0.00792. The van der Waals surface area contributed by atoms with Gasteiger partial charge in [-0.2, -0.15) is 0 Å². The molecule has 1 N–H and O–H groups in total. The van der Waals surface area contributed by atoms with E-state index in [4.69, 9.17) is 16.3 Å². The van der Waals surface area contributed by atoms with Gasteiger partial charge in [0.05, 0.1) is 18.4 Å². The van der Waals surface area contributed by atoms with Crippen molar-refractivity contribution < 1.29 is 17.9 Å². The molecule has 0 unspecified atom stereocenters. The molecule has 0 aliphatic heterocycles. The molecular formula is C13H18ClNO4S2. The van der Waals surface area contributed by atoms with E-state index < -0.39 is 16.0 Å². The summed E-state index contributed by atoms with van der Waals surface area (Å²) in [7, 11) is -2.23. The van der Waals surface area contributed by atoms with Crippen molar-refractivity contribution in [2.24, 2.45) is 0 Å². The van der Waals surface area contributed by atoms with Crippen LogP contribution in [0.15, 0.2) is 0 Å². The highest BCUT2D eigenvalue weighted by Gasteiger charge is 2.27. The highest BCUT2D eigenvalue weighted by molar-refractivity contribution is 7.93. The number of thiophene rings is 1. The molecule has 0 atom stereocenters. The van der Waals surface area contributed by atoms with E-state index in [9.17, 15) is 13.2 Å². The van der Waals surface area contributed by atoms with Crippen molar-refractivity contribution in [1.29, 1.82) is 0 Å². The van der Waals surface area contributed by atoms with Gasteiger partial charge in [-0.05, 0) is 31.2 Å². The first-order valence-corrected chi connectivity index (χ1v) is 9.78. The average molecular weight is 352 g/mol. The van der Waals surface area contributed by atoms with Gasteiger partial charge in [0, 0.05) is 10.8 Å². The molecule has 1 aromatic heterocycles. The number of nitrogens with one attached hydrogen (secondary N) is 1. The third-order valence-corrected chi connectivity index (χ3v) is 6.41. The fourth-order valence-electron chi connectivity index (χ4n) is 2.43. The molecule has 2 rings (SSSR count). The average Bonchev–Trinajstić information content (AvgIpc) is 2.59. The Morgan fingerprint density at radius 2 is 2.05 bits per heavy atom.